The van der Waals surface area contributed by atoms with Crippen LogP contribution in [0.4, 0.5) is 0 Å². The fourth-order valence-corrected chi connectivity index (χ4v) is 2.63. The van der Waals surface area contributed by atoms with E-state index < -0.39 is 5.97 Å². The molecule has 1 aliphatic heterocycles. The maximum atomic E-state index is 10.6. The van der Waals surface area contributed by atoms with Gasteiger partial charge >= 0.3 is 5.97 Å². The van der Waals surface area contributed by atoms with Crippen LogP contribution in [0.15, 0.2) is 24.3 Å². The van der Waals surface area contributed by atoms with Gasteiger partial charge in [0.25, 0.3) is 0 Å². The largest absolute Gasteiger partial charge is 0.481 e. The Morgan fingerprint density at radius 2 is 2.26 bits per heavy atom. The standard InChI is InChI=1S/C15H18N2O2/c16-9-13-3-1-2-4-14(13)11-17-8-7-12(10-17)5-6-15(18)19/h1-4,12H,5-8,10-11H2,(H,18,19). The van der Waals surface area contributed by atoms with Crippen molar-refractivity contribution in [1.82, 2.24) is 4.90 Å². The van der Waals surface area contributed by atoms with E-state index in [1.807, 2.05) is 24.3 Å². The highest BCUT2D eigenvalue weighted by atomic mass is 16.4. The number of hydrogen-bond acceptors (Lipinski definition) is 3. The molecule has 0 amide bonds. The third-order valence-corrected chi connectivity index (χ3v) is 3.67. The fraction of sp³-hybridized carbons (Fsp3) is 0.467. The topological polar surface area (TPSA) is 64.3 Å². The maximum absolute atomic E-state index is 10.6. The molecule has 0 spiro atoms. The Bertz CT molecular complexity index is 493. The zero-order valence-corrected chi connectivity index (χ0v) is 10.9. The molecule has 1 aliphatic rings. The number of benzene rings is 1. The van der Waals surface area contributed by atoms with Crippen LogP contribution in [0.2, 0.25) is 0 Å². The molecule has 1 N–H and O–H groups in total. The lowest BCUT2D eigenvalue weighted by Crippen LogP contribution is -2.20. The number of nitrogens with zero attached hydrogens (tertiary/aromatic N) is 2. The lowest BCUT2D eigenvalue weighted by atomic mass is 10.0. The number of likely N-dealkylation sites (tertiary alicyclic amines) is 1. The predicted octanol–water partition coefficient (Wildman–Crippen LogP) is 2.24. The first kappa shape index (κ1) is 13.6. The van der Waals surface area contributed by atoms with Crippen LogP contribution in [0.3, 0.4) is 0 Å². The highest BCUT2D eigenvalue weighted by Crippen LogP contribution is 2.23. The molecule has 4 heteroatoms. The summed E-state index contributed by atoms with van der Waals surface area (Å²) in [5.41, 5.74) is 1.79. The zero-order valence-electron chi connectivity index (χ0n) is 10.9. The van der Waals surface area contributed by atoms with Crippen molar-refractivity contribution < 1.29 is 9.90 Å². The molecule has 4 nitrogen and oxygen atoms in total. The second-order valence-electron chi connectivity index (χ2n) is 5.09. The highest BCUT2D eigenvalue weighted by Gasteiger charge is 2.23. The quantitative estimate of drug-likeness (QED) is 0.879. The van der Waals surface area contributed by atoms with Crippen LogP contribution >= 0.6 is 0 Å². The van der Waals surface area contributed by atoms with Crippen molar-refractivity contribution in [2.75, 3.05) is 13.1 Å². The molecule has 1 aromatic rings. The van der Waals surface area contributed by atoms with E-state index in [9.17, 15) is 4.79 Å². The van der Waals surface area contributed by atoms with Crippen LogP contribution in [0, 0.1) is 17.2 Å². The third-order valence-electron chi connectivity index (χ3n) is 3.67. The number of carboxylic acid groups (broad SMARTS) is 1. The summed E-state index contributed by atoms with van der Waals surface area (Å²) < 4.78 is 0. The first-order chi connectivity index (χ1) is 9.19. The fourth-order valence-electron chi connectivity index (χ4n) is 2.63. The van der Waals surface area contributed by atoms with E-state index in [-0.39, 0.29) is 6.42 Å². The molecule has 1 atom stereocenters. The van der Waals surface area contributed by atoms with Gasteiger partial charge < -0.3 is 5.11 Å². The Hall–Kier alpha value is -1.86. The molecule has 1 saturated heterocycles. The predicted molar refractivity (Wildman–Crippen MR) is 71.4 cm³/mol. The van der Waals surface area contributed by atoms with Gasteiger partial charge in [0.15, 0.2) is 0 Å². The molecule has 1 fully saturated rings. The van der Waals surface area contributed by atoms with Gasteiger partial charge in [-0.15, -0.1) is 0 Å². The molecule has 0 saturated carbocycles. The summed E-state index contributed by atoms with van der Waals surface area (Å²) in [7, 11) is 0. The number of carbonyl (C=O) groups is 1. The first-order valence-electron chi connectivity index (χ1n) is 6.61. The van der Waals surface area contributed by atoms with Crippen LogP contribution < -0.4 is 0 Å². The Morgan fingerprint density at radius 3 is 3.00 bits per heavy atom. The molecule has 1 heterocycles. The van der Waals surface area contributed by atoms with Gasteiger partial charge in [0.05, 0.1) is 11.6 Å². The Labute approximate surface area is 113 Å². The monoisotopic (exact) mass is 258 g/mol. The Balaban J connectivity index is 1.88. The number of nitriles is 1. The van der Waals surface area contributed by atoms with Gasteiger partial charge in [-0.25, -0.2) is 0 Å². The van der Waals surface area contributed by atoms with Crippen LogP contribution in [0.25, 0.3) is 0 Å². The maximum Gasteiger partial charge on any atom is 0.303 e. The summed E-state index contributed by atoms with van der Waals surface area (Å²) in [5.74, 6) is -0.237. The van der Waals surface area contributed by atoms with Gasteiger partial charge in [-0.1, -0.05) is 18.2 Å². The van der Waals surface area contributed by atoms with E-state index in [0.29, 0.717) is 5.92 Å². The summed E-state index contributed by atoms with van der Waals surface area (Å²) in [4.78, 5) is 12.9. The molecule has 0 aliphatic carbocycles. The van der Waals surface area contributed by atoms with Crippen molar-refractivity contribution in [3.8, 4) is 6.07 Å². The van der Waals surface area contributed by atoms with Crippen molar-refractivity contribution in [1.29, 1.82) is 5.26 Å². The van der Waals surface area contributed by atoms with Gasteiger partial charge in [0, 0.05) is 19.5 Å². The summed E-state index contributed by atoms with van der Waals surface area (Å²) in [6, 6.07) is 9.88. The molecule has 19 heavy (non-hydrogen) atoms. The summed E-state index contributed by atoms with van der Waals surface area (Å²) >= 11 is 0. The third kappa shape index (κ3) is 3.80. The summed E-state index contributed by atoms with van der Waals surface area (Å²) in [6.07, 6.45) is 2.07. The van der Waals surface area contributed by atoms with Gasteiger partial charge in [0.1, 0.15) is 0 Å². The lowest BCUT2D eigenvalue weighted by molar-refractivity contribution is -0.137. The Kier molecular flexibility index (Phi) is 4.53. The average molecular weight is 258 g/mol. The van der Waals surface area contributed by atoms with Crippen LogP contribution in [-0.2, 0) is 11.3 Å². The van der Waals surface area contributed by atoms with Gasteiger partial charge in [-0.3, -0.25) is 9.69 Å². The van der Waals surface area contributed by atoms with E-state index in [0.717, 1.165) is 43.6 Å². The Morgan fingerprint density at radius 1 is 1.47 bits per heavy atom. The van der Waals surface area contributed by atoms with Crippen molar-refractivity contribution >= 4 is 5.97 Å². The molecule has 0 bridgehead atoms. The summed E-state index contributed by atoms with van der Waals surface area (Å²) in [5, 5.41) is 17.7. The second-order valence-corrected chi connectivity index (χ2v) is 5.09. The van der Waals surface area contributed by atoms with Crippen molar-refractivity contribution in [3.63, 3.8) is 0 Å². The number of rotatable bonds is 5. The minimum absolute atomic E-state index is 0.257. The van der Waals surface area contributed by atoms with Crippen molar-refractivity contribution in [2.45, 2.75) is 25.8 Å². The minimum Gasteiger partial charge on any atom is -0.481 e. The normalized spacial score (nSPS) is 19.2. The lowest BCUT2D eigenvalue weighted by Gasteiger charge is -2.16. The second kappa shape index (κ2) is 6.35. The van der Waals surface area contributed by atoms with E-state index in [4.69, 9.17) is 10.4 Å². The highest BCUT2D eigenvalue weighted by molar-refractivity contribution is 5.66. The molecular formula is C15H18N2O2. The molecular weight excluding hydrogens is 240 g/mol. The van der Waals surface area contributed by atoms with E-state index in [1.165, 1.54) is 0 Å². The van der Waals surface area contributed by atoms with Gasteiger partial charge in [0.2, 0.25) is 0 Å². The van der Waals surface area contributed by atoms with Crippen molar-refractivity contribution in [3.05, 3.63) is 35.4 Å². The average Bonchev–Trinajstić information content (AvgIpc) is 2.85. The SMILES string of the molecule is N#Cc1ccccc1CN1CCC(CCC(=O)O)C1. The molecule has 100 valence electrons. The van der Waals surface area contributed by atoms with E-state index in [1.54, 1.807) is 0 Å². The van der Waals surface area contributed by atoms with Gasteiger partial charge in [-0.05, 0) is 36.9 Å². The van der Waals surface area contributed by atoms with Gasteiger partial charge in [-0.2, -0.15) is 5.26 Å². The molecule has 1 unspecified atom stereocenters. The zero-order chi connectivity index (χ0) is 13.7. The molecule has 0 aromatic heterocycles. The van der Waals surface area contributed by atoms with Crippen LogP contribution in [0.5, 0.6) is 0 Å². The van der Waals surface area contributed by atoms with Crippen LogP contribution in [0.1, 0.15) is 30.4 Å². The smallest absolute Gasteiger partial charge is 0.303 e. The van der Waals surface area contributed by atoms with Crippen LogP contribution in [-0.4, -0.2) is 29.1 Å². The number of hydrogen-bond donors (Lipinski definition) is 1. The first-order valence-corrected chi connectivity index (χ1v) is 6.61. The number of carboxylic acids is 1. The van der Waals surface area contributed by atoms with Crippen molar-refractivity contribution in [2.24, 2.45) is 5.92 Å². The molecule has 2 rings (SSSR count). The van der Waals surface area contributed by atoms with E-state index >= 15 is 0 Å². The molecule has 1 aromatic carbocycles. The number of aliphatic carboxylic acids is 1. The summed E-state index contributed by atoms with van der Waals surface area (Å²) in [6.45, 7) is 2.71. The molecule has 0 radical (unpaired) electrons. The minimum atomic E-state index is -0.715. The van der Waals surface area contributed by atoms with E-state index in [2.05, 4.69) is 11.0 Å².